The molecule has 0 atom stereocenters. The van der Waals surface area contributed by atoms with Crippen molar-refractivity contribution < 1.29 is 0 Å². The molecule has 0 spiro atoms. The fourth-order valence-electron chi connectivity index (χ4n) is 0.909. The van der Waals surface area contributed by atoms with Crippen LogP contribution in [-0.2, 0) is 0 Å². The largest absolute Gasteiger partial charge is 0.373 e. The Bertz CT molecular complexity index is 270. The van der Waals surface area contributed by atoms with Crippen LogP contribution in [0.4, 0.5) is 11.6 Å². The van der Waals surface area contributed by atoms with Gasteiger partial charge in [-0.15, -0.1) is 0 Å². The number of rotatable bonds is 2. The second kappa shape index (κ2) is 3.38. The van der Waals surface area contributed by atoms with E-state index in [1.165, 1.54) is 0 Å². The lowest BCUT2D eigenvalue weighted by atomic mass is 10.4. The molecule has 1 N–H and O–H groups in total. The summed E-state index contributed by atoms with van der Waals surface area (Å²) in [5.74, 6) is 2.56. The highest BCUT2D eigenvalue weighted by Crippen LogP contribution is 2.12. The standard InChI is InChI=1S/C8H14N4/c1-6-10-7(9-2)5-8(11-6)12(3)4/h5H,1-4H3,(H,9,10,11). The number of hydrogen-bond acceptors (Lipinski definition) is 4. The van der Waals surface area contributed by atoms with E-state index >= 15 is 0 Å². The van der Waals surface area contributed by atoms with Gasteiger partial charge in [-0.3, -0.25) is 0 Å². The number of hydrogen-bond donors (Lipinski definition) is 1. The van der Waals surface area contributed by atoms with Gasteiger partial charge in [0.05, 0.1) is 0 Å². The number of nitrogens with one attached hydrogen (secondary N) is 1. The summed E-state index contributed by atoms with van der Waals surface area (Å²) in [7, 11) is 5.77. The van der Waals surface area contributed by atoms with Crippen LogP contribution < -0.4 is 10.2 Å². The third-order valence-corrected chi connectivity index (χ3v) is 1.54. The van der Waals surface area contributed by atoms with E-state index in [1.807, 2.05) is 39.0 Å². The van der Waals surface area contributed by atoms with Gasteiger partial charge < -0.3 is 10.2 Å². The molecule has 0 saturated carbocycles. The van der Waals surface area contributed by atoms with Gasteiger partial charge in [-0.2, -0.15) is 0 Å². The lowest BCUT2D eigenvalue weighted by Crippen LogP contribution is -2.12. The van der Waals surface area contributed by atoms with Crippen LogP contribution >= 0.6 is 0 Å². The van der Waals surface area contributed by atoms with E-state index in [0.717, 1.165) is 17.5 Å². The third-order valence-electron chi connectivity index (χ3n) is 1.54. The van der Waals surface area contributed by atoms with Crippen LogP contribution in [0.2, 0.25) is 0 Å². The lowest BCUT2D eigenvalue weighted by molar-refractivity contribution is 0.989. The van der Waals surface area contributed by atoms with E-state index in [0.29, 0.717) is 0 Å². The smallest absolute Gasteiger partial charge is 0.133 e. The molecule has 0 aromatic carbocycles. The Hall–Kier alpha value is -1.32. The highest BCUT2D eigenvalue weighted by molar-refractivity contribution is 5.47. The summed E-state index contributed by atoms with van der Waals surface area (Å²) in [5, 5.41) is 2.99. The normalized spacial score (nSPS) is 9.67. The molecule has 0 aliphatic rings. The fourth-order valence-corrected chi connectivity index (χ4v) is 0.909. The summed E-state index contributed by atoms with van der Waals surface area (Å²) in [6, 6.07) is 1.91. The van der Waals surface area contributed by atoms with E-state index in [-0.39, 0.29) is 0 Å². The van der Waals surface area contributed by atoms with Gasteiger partial charge in [-0.25, -0.2) is 9.97 Å². The van der Waals surface area contributed by atoms with E-state index in [4.69, 9.17) is 0 Å². The predicted molar refractivity (Wildman–Crippen MR) is 50.6 cm³/mol. The molecule has 0 unspecified atom stereocenters. The summed E-state index contributed by atoms with van der Waals surface area (Å²) in [4.78, 5) is 10.4. The summed E-state index contributed by atoms with van der Waals surface area (Å²) in [6.45, 7) is 1.88. The minimum absolute atomic E-state index is 0.783. The highest BCUT2D eigenvalue weighted by atomic mass is 15.2. The Balaban J connectivity index is 3.06. The number of nitrogens with zero attached hydrogens (tertiary/aromatic N) is 3. The maximum absolute atomic E-state index is 4.26. The number of aromatic nitrogens is 2. The van der Waals surface area contributed by atoms with E-state index < -0.39 is 0 Å². The van der Waals surface area contributed by atoms with Crippen LogP contribution in [0.25, 0.3) is 0 Å². The maximum atomic E-state index is 4.26. The maximum Gasteiger partial charge on any atom is 0.133 e. The first kappa shape index (κ1) is 8.77. The zero-order chi connectivity index (χ0) is 9.14. The molecule has 1 aromatic heterocycles. The molecule has 0 saturated heterocycles. The van der Waals surface area contributed by atoms with E-state index in [1.54, 1.807) is 0 Å². The van der Waals surface area contributed by atoms with Crippen molar-refractivity contribution in [2.24, 2.45) is 0 Å². The summed E-state index contributed by atoms with van der Waals surface area (Å²) >= 11 is 0. The number of aryl methyl sites for hydroxylation is 1. The molecule has 0 bridgehead atoms. The summed E-state index contributed by atoms with van der Waals surface area (Å²) < 4.78 is 0. The quantitative estimate of drug-likeness (QED) is 0.708. The second-order valence-corrected chi connectivity index (χ2v) is 2.80. The monoisotopic (exact) mass is 166 g/mol. The first-order valence-electron chi connectivity index (χ1n) is 3.84. The molecule has 1 heterocycles. The van der Waals surface area contributed by atoms with Crippen LogP contribution in [0.15, 0.2) is 6.07 Å². The molecule has 0 aliphatic carbocycles. The molecular weight excluding hydrogens is 152 g/mol. The SMILES string of the molecule is CNc1cc(N(C)C)nc(C)n1. The average molecular weight is 166 g/mol. The van der Waals surface area contributed by atoms with Crippen molar-refractivity contribution in [2.75, 3.05) is 31.4 Å². The minimum Gasteiger partial charge on any atom is -0.373 e. The Kier molecular flexibility index (Phi) is 2.47. The van der Waals surface area contributed by atoms with Crippen LogP contribution in [0.3, 0.4) is 0 Å². The van der Waals surface area contributed by atoms with Gasteiger partial charge in [-0.1, -0.05) is 0 Å². The zero-order valence-electron chi connectivity index (χ0n) is 7.92. The Morgan fingerprint density at radius 3 is 2.50 bits per heavy atom. The lowest BCUT2D eigenvalue weighted by Gasteiger charge is -2.12. The molecule has 1 rings (SSSR count). The second-order valence-electron chi connectivity index (χ2n) is 2.80. The van der Waals surface area contributed by atoms with E-state index in [2.05, 4.69) is 15.3 Å². The summed E-state index contributed by atoms with van der Waals surface area (Å²) in [6.07, 6.45) is 0. The van der Waals surface area contributed by atoms with Crippen LogP contribution in [0.5, 0.6) is 0 Å². The zero-order valence-corrected chi connectivity index (χ0v) is 7.92. The molecule has 0 amide bonds. The molecule has 0 fully saturated rings. The van der Waals surface area contributed by atoms with Gasteiger partial charge in [-0.05, 0) is 6.92 Å². The average Bonchev–Trinajstić information content (AvgIpc) is 2.03. The van der Waals surface area contributed by atoms with Gasteiger partial charge in [0.25, 0.3) is 0 Å². The molecule has 4 heteroatoms. The molecule has 0 radical (unpaired) electrons. The van der Waals surface area contributed by atoms with Crippen molar-refractivity contribution in [1.29, 1.82) is 0 Å². The van der Waals surface area contributed by atoms with Gasteiger partial charge in [0.15, 0.2) is 0 Å². The molecule has 12 heavy (non-hydrogen) atoms. The van der Waals surface area contributed by atoms with Crippen molar-refractivity contribution in [3.63, 3.8) is 0 Å². The van der Waals surface area contributed by atoms with Gasteiger partial charge in [0, 0.05) is 27.2 Å². The van der Waals surface area contributed by atoms with Crippen LogP contribution in [0.1, 0.15) is 5.82 Å². The van der Waals surface area contributed by atoms with Crippen molar-refractivity contribution in [2.45, 2.75) is 6.92 Å². The first-order chi connectivity index (χ1) is 5.63. The van der Waals surface area contributed by atoms with Crippen LogP contribution in [-0.4, -0.2) is 31.1 Å². The van der Waals surface area contributed by atoms with Gasteiger partial charge in [0.2, 0.25) is 0 Å². The first-order valence-corrected chi connectivity index (χ1v) is 3.84. The van der Waals surface area contributed by atoms with Gasteiger partial charge in [0.1, 0.15) is 17.5 Å². The Labute approximate surface area is 72.6 Å². The number of anilines is 2. The molecule has 66 valence electrons. The molecule has 1 aromatic rings. The van der Waals surface area contributed by atoms with Crippen molar-refractivity contribution >= 4 is 11.6 Å². The topological polar surface area (TPSA) is 41.0 Å². The van der Waals surface area contributed by atoms with Gasteiger partial charge >= 0.3 is 0 Å². The fraction of sp³-hybridized carbons (Fsp3) is 0.500. The summed E-state index contributed by atoms with van der Waals surface area (Å²) in [5.41, 5.74) is 0. The van der Waals surface area contributed by atoms with Crippen molar-refractivity contribution in [1.82, 2.24) is 9.97 Å². The highest BCUT2D eigenvalue weighted by Gasteiger charge is 2.00. The Morgan fingerprint density at radius 2 is 2.00 bits per heavy atom. The van der Waals surface area contributed by atoms with Crippen LogP contribution in [0, 0.1) is 6.92 Å². The van der Waals surface area contributed by atoms with Crippen molar-refractivity contribution in [3.05, 3.63) is 11.9 Å². The third kappa shape index (κ3) is 1.84. The molecule has 4 nitrogen and oxygen atoms in total. The minimum atomic E-state index is 0.783. The van der Waals surface area contributed by atoms with E-state index in [9.17, 15) is 0 Å². The molecule has 0 aliphatic heterocycles. The predicted octanol–water partition coefficient (Wildman–Crippen LogP) is 0.893. The van der Waals surface area contributed by atoms with Crippen molar-refractivity contribution in [3.8, 4) is 0 Å². The molecular formula is C8H14N4. The Morgan fingerprint density at radius 1 is 1.33 bits per heavy atom.